The van der Waals surface area contributed by atoms with Gasteiger partial charge in [-0.15, -0.1) is 0 Å². The molecule has 1 aromatic carbocycles. The predicted molar refractivity (Wildman–Crippen MR) is 57.9 cm³/mol. The fraction of sp³-hybridized carbons (Fsp3) is 0. The fourth-order valence-corrected chi connectivity index (χ4v) is 1.57. The maximum absolute atomic E-state index is 11.1. The molecule has 5 nitrogen and oxygen atoms in total. The number of benzene rings is 1. The first-order valence-corrected chi connectivity index (χ1v) is 4.56. The highest BCUT2D eigenvalue weighted by Gasteiger charge is 2.14. The molecule has 15 heavy (non-hydrogen) atoms. The molecule has 0 saturated carbocycles. The molecule has 0 bridgehead atoms. The standard InChI is InChI=1S/C10H8N4O/c15-9-5-8-10(14-13-9)12-7-4-2-1-3-6(7)11-8/h1-5,11H,(H,12,14)(H,13,15). The minimum Gasteiger partial charge on any atom is -0.351 e. The van der Waals surface area contributed by atoms with Crippen LogP contribution in [0.25, 0.3) is 0 Å². The van der Waals surface area contributed by atoms with Gasteiger partial charge in [0, 0.05) is 6.07 Å². The summed E-state index contributed by atoms with van der Waals surface area (Å²) in [6, 6.07) is 9.22. The minimum atomic E-state index is -0.220. The van der Waals surface area contributed by atoms with Gasteiger partial charge in [0.25, 0.3) is 5.56 Å². The molecule has 0 aliphatic carbocycles. The number of hydrogen-bond acceptors (Lipinski definition) is 4. The van der Waals surface area contributed by atoms with Gasteiger partial charge in [-0.2, -0.15) is 5.10 Å². The molecule has 0 fully saturated rings. The van der Waals surface area contributed by atoms with E-state index >= 15 is 0 Å². The Labute approximate surface area is 85.2 Å². The summed E-state index contributed by atoms with van der Waals surface area (Å²) in [7, 11) is 0. The number of nitrogens with one attached hydrogen (secondary N) is 3. The molecule has 3 rings (SSSR count). The lowest BCUT2D eigenvalue weighted by molar-refractivity contribution is 0.993. The molecule has 3 N–H and O–H groups in total. The van der Waals surface area contributed by atoms with Gasteiger partial charge in [-0.25, -0.2) is 5.10 Å². The molecular weight excluding hydrogens is 192 g/mol. The van der Waals surface area contributed by atoms with Crippen LogP contribution >= 0.6 is 0 Å². The molecule has 0 saturated heterocycles. The van der Waals surface area contributed by atoms with Crippen LogP contribution in [-0.2, 0) is 0 Å². The average Bonchev–Trinajstić information content (AvgIpc) is 2.26. The average molecular weight is 200 g/mol. The summed E-state index contributed by atoms with van der Waals surface area (Å²) in [6.07, 6.45) is 0. The van der Waals surface area contributed by atoms with E-state index in [2.05, 4.69) is 20.8 Å². The lowest BCUT2D eigenvalue weighted by atomic mass is 10.2. The maximum atomic E-state index is 11.1. The van der Waals surface area contributed by atoms with E-state index in [0.29, 0.717) is 11.5 Å². The largest absolute Gasteiger partial charge is 0.351 e. The summed E-state index contributed by atoms with van der Waals surface area (Å²) >= 11 is 0. The second kappa shape index (κ2) is 2.84. The van der Waals surface area contributed by atoms with Gasteiger partial charge in [-0.05, 0) is 12.1 Å². The van der Waals surface area contributed by atoms with Crippen LogP contribution in [0.4, 0.5) is 22.9 Å². The van der Waals surface area contributed by atoms with E-state index in [1.165, 1.54) is 6.07 Å². The molecule has 2 aromatic rings. The van der Waals surface area contributed by atoms with Gasteiger partial charge >= 0.3 is 0 Å². The van der Waals surface area contributed by atoms with Crippen LogP contribution in [0.5, 0.6) is 0 Å². The molecule has 1 aliphatic rings. The second-order valence-electron chi connectivity index (χ2n) is 3.29. The van der Waals surface area contributed by atoms with Crippen LogP contribution in [0.3, 0.4) is 0 Å². The lowest BCUT2D eigenvalue weighted by Crippen LogP contribution is -2.14. The highest BCUT2D eigenvalue weighted by atomic mass is 16.1. The van der Waals surface area contributed by atoms with Crippen molar-refractivity contribution in [2.24, 2.45) is 0 Å². The van der Waals surface area contributed by atoms with Crippen molar-refractivity contribution in [2.45, 2.75) is 0 Å². The van der Waals surface area contributed by atoms with Crippen molar-refractivity contribution >= 4 is 22.9 Å². The van der Waals surface area contributed by atoms with Crippen molar-refractivity contribution in [1.29, 1.82) is 0 Å². The third kappa shape index (κ3) is 1.25. The SMILES string of the molecule is O=c1cc2c(n[nH]1)Nc1ccccc1N2. The zero-order valence-electron chi connectivity index (χ0n) is 7.74. The summed E-state index contributed by atoms with van der Waals surface area (Å²) in [5.41, 5.74) is 2.36. The van der Waals surface area contributed by atoms with Crippen molar-refractivity contribution in [3.05, 3.63) is 40.7 Å². The molecule has 0 radical (unpaired) electrons. The number of rotatable bonds is 0. The Balaban J connectivity index is 2.15. The molecular formula is C10H8N4O. The number of aromatic amines is 1. The number of anilines is 4. The van der Waals surface area contributed by atoms with Gasteiger partial charge in [0.05, 0.1) is 17.1 Å². The molecule has 0 unspecified atom stereocenters. The second-order valence-corrected chi connectivity index (χ2v) is 3.29. The number of para-hydroxylation sites is 2. The van der Waals surface area contributed by atoms with Crippen LogP contribution in [0.1, 0.15) is 0 Å². The molecule has 2 heterocycles. The zero-order valence-corrected chi connectivity index (χ0v) is 7.74. The van der Waals surface area contributed by atoms with E-state index < -0.39 is 0 Å². The molecule has 74 valence electrons. The fourth-order valence-electron chi connectivity index (χ4n) is 1.57. The Morgan fingerprint density at radius 1 is 1.00 bits per heavy atom. The normalized spacial score (nSPS) is 12.0. The summed E-state index contributed by atoms with van der Waals surface area (Å²) in [4.78, 5) is 11.1. The third-order valence-electron chi connectivity index (χ3n) is 2.26. The van der Waals surface area contributed by atoms with Crippen LogP contribution in [-0.4, -0.2) is 10.2 Å². The van der Waals surface area contributed by atoms with Crippen LogP contribution in [0, 0.1) is 0 Å². The van der Waals surface area contributed by atoms with Gasteiger partial charge in [-0.1, -0.05) is 12.1 Å². The summed E-state index contributed by atoms with van der Waals surface area (Å²) in [5.74, 6) is 0.633. The molecule has 1 aromatic heterocycles. The highest BCUT2D eigenvalue weighted by molar-refractivity contribution is 5.87. The van der Waals surface area contributed by atoms with E-state index in [0.717, 1.165) is 11.4 Å². The van der Waals surface area contributed by atoms with Crippen molar-refractivity contribution < 1.29 is 0 Å². The van der Waals surface area contributed by atoms with E-state index in [1.807, 2.05) is 24.3 Å². The number of nitrogens with zero attached hydrogens (tertiary/aromatic N) is 1. The van der Waals surface area contributed by atoms with Crippen LogP contribution < -0.4 is 16.2 Å². The van der Waals surface area contributed by atoms with Gasteiger partial charge < -0.3 is 10.6 Å². The first-order valence-electron chi connectivity index (χ1n) is 4.56. The quantitative estimate of drug-likeness (QED) is 0.515. The van der Waals surface area contributed by atoms with Crippen LogP contribution in [0.2, 0.25) is 0 Å². The molecule has 1 aliphatic heterocycles. The first kappa shape index (κ1) is 8.05. The third-order valence-corrected chi connectivity index (χ3v) is 2.26. The maximum Gasteiger partial charge on any atom is 0.266 e. The predicted octanol–water partition coefficient (Wildman–Crippen LogP) is 1.57. The van der Waals surface area contributed by atoms with Crippen molar-refractivity contribution in [2.75, 3.05) is 10.6 Å². The Hall–Kier alpha value is -2.30. The zero-order chi connectivity index (χ0) is 10.3. The number of hydrogen-bond donors (Lipinski definition) is 3. The van der Waals surface area contributed by atoms with Gasteiger partial charge in [0.15, 0.2) is 5.82 Å². The monoisotopic (exact) mass is 200 g/mol. The van der Waals surface area contributed by atoms with Gasteiger partial charge in [0.1, 0.15) is 0 Å². The molecule has 0 spiro atoms. The van der Waals surface area contributed by atoms with Crippen molar-refractivity contribution in [3.63, 3.8) is 0 Å². The number of H-pyrrole nitrogens is 1. The lowest BCUT2D eigenvalue weighted by Gasteiger charge is -2.20. The Morgan fingerprint density at radius 3 is 2.53 bits per heavy atom. The Bertz CT molecular complexity index is 576. The Morgan fingerprint density at radius 2 is 1.73 bits per heavy atom. The topological polar surface area (TPSA) is 69.8 Å². The summed E-state index contributed by atoms with van der Waals surface area (Å²) < 4.78 is 0. The first-order chi connectivity index (χ1) is 7.33. The Kier molecular flexibility index (Phi) is 1.53. The van der Waals surface area contributed by atoms with E-state index in [1.54, 1.807) is 0 Å². The van der Waals surface area contributed by atoms with E-state index in [-0.39, 0.29) is 5.56 Å². The molecule has 0 atom stereocenters. The smallest absolute Gasteiger partial charge is 0.266 e. The number of aromatic nitrogens is 2. The van der Waals surface area contributed by atoms with E-state index in [9.17, 15) is 4.79 Å². The summed E-state index contributed by atoms with van der Waals surface area (Å²) in [6.45, 7) is 0. The van der Waals surface area contributed by atoms with Crippen LogP contribution in [0.15, 0.2) is 35.1 Å². The van der Waals surface area contributed by atoms with Gasteiger partial charge in [-0.3, -0.25) is 4.79 Å². The summed E-state index contributed by atoms with van der Waals surface area (Å²) in [5, 5.41) is 12.5. The van der Waals surface area contributed by atoms with E-state index in [4.69, 9.17) is 0 Å². The molecule has 0 amide bonds. The van der Waals surface area contributed by atoms with Crippen molar-refractivity contribution in [1.82, 2.24) is 10.2 Å². The molecule has 5 heteroatoms. The van der Waals surface area contributed by atoms with Crippen molar-refractivity contribution in [3.8, 4) is 0 Å². The number of fused-ring (bicyclic) bond motifs is 2. The highest BCUT2D eigenvalue weighted by Crippen LogP contribution is 2.35. The minimum absolute atomic E-state index is 0.220. The van der Waals surface area contributed by atoms with Gasteiger partial charge in [0.2, 0.25) is 0 Å².